The summed E-state index contributed by atoms with van der Waals surface area (Å²) in [6.45, 7) is 0. The van der Waals surface area contributed by atoms with E-state index in [9.17, 15) is 15.0 Å². The molecule has 5 atom stereocenters. The zero-order chi connectivity index (χ0) is 14.3. The Labute approximate surface area is 122 Å². The third-order valence-electron chi connectivity index (χ3n) is 4.52. The number of ketones is 1. The highest BCUT2D eigenvalue weighted by Crippen LogP contribution is 2.47. The van der Waals surface area contributed by atoms with Crippen molar-refractivity contribution in [1.82, 2.24) is 0 Å². The average Bonchev–Trinajstić information content (AvgIpc) is 2.69. The molecular formula is C16H17ClO3. The average molecular weight is 293 g/mol. The summed E-state index contributed by atoms with van der Waals surface area (Å²) in [4.78, 5) is 11.4. The summed E-state index contributed by atoms with van der Waals surface area (Å²) in [5.74, 6) is 0.402. The molecule has 0 radical (unpaired) electrons. The van der Waals surface area contributed by atoms with Gasteiger partial charge in [0.25, 0.3) is 0 Å². The summed E-state index contributed by atoms with van der Waals surface area (Å²) < 4.78 is 0. The molecule has 3 nitrogen and oxygen atoms in total. The fourth-order valence-corrected chi connectivity index (χ4v) is 3.36. The van der Waals surface area contributed by atoms with E-state index in [1.54, 1.807) is 30.3 Å². The Balaban J connectivity index is 1.65. The van der Waals surface area contributed by atoms with Crippen LogP contribution in [0.15, 0.2) is 36.4 Å². The molecule has 1 aromatic rings. The maximum Gasteiger partial charge on any atom is 0.136 e. The quantitative estimate of drug-likeness (QED) is 0.842. The Morgan fingerprint density at radius 3 is 2.60 bits per heavy atom. The van der Waals surface area contributed by atoms with Crippen LogP contribution in [0, 0.1) is 17.8 Å². The van der Waals surface area contributed by atoms with Gasteiger partial charge in [0.1, 0.15) is 5.78 Å². The van der Waals surface area contributed by atoms with Crippen LogP contribution in [0.2, 0.25) is 5.02 Å². The first kappa shape index (κ1) is 13.8. The predicted octanol–water partition coefficient (Wildman–Crippen LogP) is 2.52. The van der Waals surface area contributed by atoms with E-state index < -0.39 is 12.2 Å². The van der Waals surface area contributed by atoms with Gasteiger partial charge in [0, 0.05) is 29.2 Å². The molecule has 3 unspecified atom stereocenters. The summed E-state index contributed by atoms with van der Waals surface area (Å²) in [5, 5.41) is 20.8. The lowest BCUT2D eigenvalue weighted by atomic mass is 9.74. The van der Waals surface area contributed by atoms with Crippen molar-refractivity contribution >= 4 is 17.4 Å². The van der Waals surface area contributed by atoms with Crippen molar-refractivity contribution in [1.29, 1.82) is 0 Å². The molecule has 0 aliphatic heterocycles. The first-order valence-electron chi connectivity index (χ1n) is 6.89. The number of fused-ring (bicyclic) bond motifs is 1. The minimum absolute atomic E-state index is 0.0293. The van der Waals surface area contributed by atoms with Crippen LogP contribution in [0.1, 0.15) is 24.5 Å². The van der Waals surface area contributed by atoms with Crippen LogP contribution >= 0.6 is 11.6 Å². The maximum atomic E-state index is 11.4. The van der Waals surface area contributed by atoms with Crippen LogP contribution < -0.4 is 0 Å². The Kier molecular flexibility index (Phi) is 3.67. The van der Waals surface area contributed by atoms with Gasteiger partial charge < -0.3 is 10.2 Å². The molecule has 2 saturated carbocycles. The van der Waals surface area contributed by atoms with E-state index in [1.807, 2.05) is 6.08 Å². The van der Waals surface area contributed by atoms with E-state index in [1.165, 1.54) is 0 Å². The Morgan fingerprint density at radius 2 is 2.00 bits per heavy atom. The van der Waals surface area contributed by atoms with E-state index in [0.717, 1.165) is 5.56 Å². The summed E-state index contributed by atoms with van der Waals surface area (Å²) >= 11 is 5.80. The van der Waals surface area contributed by atoms with E-state index in [2.05, 4.69) is 0 Å². The predicted molar refractivity (Wildman–Crippen MR) is 76.3 cm³/mol. The molecule has 2 N–H and O–H groups in total. The monoisotopic (exact) mass is 292 g/mol. The van der Waals surface area contributed by atoms with E-state index in [-0.39, 0.29) is 23.5 Å². The highest BCUT2D eigenvalue weighted by atomic mass is 35.5. The fourth-order valence-electron chi connectivity index (χ4n) is 3.23. The van der Waals surface area contributed by atoms with Crippen LogP contribution in [0.25, 0.3) is 0 Å². The number of carbonyl (C=O) groups is 1. The lowest BCUT2D eigenvalue weighted by molar-refractivity contribution is -0.135. The van der Waals surface area contributed by atoms with Gasteiger partial charge in [-0.25, -0.2) is 0 Å². The van der Waals surface area contributed by atoms with Crippen molar-refractivity contribution in [2.75, 3.05) is 0 Å². The van der Waals surface area contributed by atoms with Gasteiger partial charge in [-0.15, -0.1) is 0 Å². The van der Waals surface area contributed by atoms with E-state index >= 15 is 0 Å². The number of rotatable bonds is 3. The largest absolute Gasteiger partial charge is 0.392 e. The van der Waals surface area contributed by atoms with Crippen molar-refractivity contribution < 1.29 is 15.0 Å². The van der Waals surface area contributed by atoms with Crippen molar-refractivity contribution in [3.63, 3.8) is 0 Å². The maximum absolute atomic E-state index is 11.4. The molecule has 106 valence electrons. The second-order valence-electron chi connectivity index (χ2n) is 5.71. The number of aliphatic hydroxyl groups is 2. The third kappa shape index (κ3) is 2.41. The number of benzene rings is 1. The van der Waals surface area contributed by atoms with Crippen LogP contribution in [-0.2, 0) is 4.79 Å². The van der Waals surface area contributed by atoms with Crippen molar-refractivity contribution in [2.45, 2.75) is 25.0 Å². The number of hydrogen-bond donors (Lipinski definition) is 2. The molecule has 0 amide bonds. The zero-order valence-electron chi connectivity index (χ0n) is 10.9. The Bertz CT molecular complexity index is 537. The van der Waals surface area contributed by atoms with Gasteiger partial charge in [-0.05, 0) is 24.1 Å². The molecule has 4 heteroatoms. The molecule has 0 heterocycles. The van der Waals surface area contributed by atoms with Crippen LogP contribution in [-0.4, -0.2) is 22.1 Å². The minimum atomic E-state index is -0.714. The number of aliphatic hydroxyl groups excluding tert-OH is 2. The van der Waals surface area contributed by atoms with Gasteiger partial charge in [-0.2, -0.15) is 0 Å². The van der Waals surface area contributed by atoms with Gasteiger partial charge in [0.2, 0.25) is 0 Å². The number of Topliss-reactive ketones (excluding diaryl/α,β-unsaturated/α-hetero) is 1. The van der Waals surface area contributed by atoms with Gasteiger partial charge in [-0.3, -0.25) is 4.79 Å². The number of carbonyl (C=O) groups excluding carboxylic acids is 1. The van der Waals surface area contributed by atoms with Gasteiger partial charge in [0.15, 0.2) is 0 Å². The van der Waals surface area contributed by atoms with Crippen molar-refractivity contribution in [3.05, 3.63) is 47.0 Å². The molecule has 0 bridgehead atoms. The third-order valence-corrected chi connectivity index (χ3v) is 4.77. The molecule has 2 aliphatic rings. The van der Waals surface area contributed by atoms with E-state index in [4.69, 9.17) is 11.6 Å². The Morgan fingerprint density at radius 1 is 1.30 bits per heavy atom. The number of hydrogen-bond acceptors (Lipinski definition) is 3. The minimum Gasteiger partial charge on any atom is -0.392 e. The van der Waals surface area contributed by atoms with E-state index in [0.29, 0.717) is 17.9 Å². The van der Waals surface area contributed by atoms with Crippen molar-refractivity contribution in [2.24, 2.45) is 17.8 Å². The smallest absolute Gasteiger partial charge is 0.136 e. The summed E-state index contributed by atoms with van der Waals surface area (Å²) in [6.07, 6.45) is 3.58. The highest BCUT2D eigenvalue weighted by molar-refractivity contribution is 6.30. The first-order valence-corrected chi connectivity index (χ1v) is 7.26. The fraction of sp³-hybridized carbons (Fsp3) is 0.438. The van der Waals surface area contributed by atoms with Gasteiger partial charge in [0.05, 0.1) is 12.2 Å². The lowest BCUT2D eigenvalue weighted by Gasteiger charge is -2.30. The number of halogens is 1. The summed E-state index contributed by atoms with van der Waals surface area (Å²) in [7, 11) is 0. The molecule has 2 aliphatic carbocycles. The summed E-state index contributed by atoms with van der Waals surface area (Å²) in [6, 6.07) is 7.01. The summed E-state index contributed by atoms with van der Waals surface area (Å²) in [5.41, 5.74) is 0.761. The molecular weight excluding hydrogens is 276 g/mol. The van der Waals surface area contributed by atoms with Crippen LogP contribution in [0.4, 0.5) is 0 Å². The zero-order valence-corrected chi connectivity index (χ0v) is 11.7. The molecule has 3 rings (SSSR count). The second-order valence-corrected chi connectivity index (χ2v) is 6.15. The SMILES string of the molecule is O=C1C[C@H]2C(O)C(C=CC(O)c3ccc(Cl)cc3)C[C@H]12. The van der Waals surface area contributed by atoms with Crippen LogP contribution in [0.5, 0.6) is 0 Å². The molecule has 1 aromatic carbocycles. The standard InChI is InChI=1S/C16H17ClO3/c17-11-4-1-9(2-5-11)14(18)6-3-10-7-12-13(16(10)20)8-15(12)19/h1-6,10,12-14,16,18,20H,7-8H2/t10?,12-,13+,14?,16?/m0/s1. The molecule has 2 fully saturated rings. The Hall–Kier alpha value is -1.16. The van der Waals surface area contributed by atoms with Crippen LogP contribution in [0.3, 0.4) is 0 Å². The molecule has 20 heavy (non-hydrogen) atoms. The second kappa shape index (κ2) is 5.32. The van der Waals surface area contributed by atoms with Crippen molar-refractivity contribution in [3.8, 4) is 0 Å². The van der Waals surface area contributed by atoms with Gasteiger partial charge in [-0.1, -0.05) is 35.9 Å². The lowest BCUT2D eigenvalue weighted by Crippen LogP contribution is -2.38. The van der Waals surface area contributed by atoms with Gasteiger partial charge >= 0.3 is 0 Å². The normalized spacial score (nSPS) is 34.0. The highest BCUT2D eigenvalue weighted by Gasteiger charge is 2.51. The first-order chi connectivity index (χ1) is 9.56. The molecule has 0 aromatic heterocycles. The molecule has 0 saturated heterocycles. The molecule has 0 spiro atoms. The topological polar surface area (TPSA) is 57.5 Å².